The lowest BCUT2D eigenvalue weighted by atomic mass is 9.84. The van der Waals surface area contributed by atoms with Gasteiger partial charge in [0.2, 0.25) is 0 Å². The number of benzene rings is 1. The predicted molar refractivity (Wildman–Crippen MR) is 66.4 cm³/mol. The Morgan fingerprint density at radius 1 is 1.44 bits per heavy atom. The van der Waals surface area contributed by atoms with Gasteiger partial charge in [0.25, 0.3) is 0 Å². The average molecular weight is 245 g/mol. The van der Waals surface area contributed by atoms with Crippen molar-refractivity contribution in [2.75, 3.05) is 19.6 Å². The average Bonchev–Trinajstić information content (AvgIpc) is 2.22. The molecule has 16 heavy (non-hydrogen) atoms. The third-order valence-corrected chi connectivity index (χ3v) is 2.78. The van der Waals surface area contributed by atoms with E-state index in [1.807, 2.05) is 13.8 Å². The van der Waals surface area contributed by atoms with Crippen LogP contribution in [0.25, 0.3) is 0 Å². The lowest BCUT2D eigenvalue weighted by molar-refractivity contribution is 0.448. The summed E-state index contributed by atoms with van der Waals surface area (Å²) in [5.41, 5.74) is 5.72. The van der Waals surface area contributed by atoms with Gasteiger partial charge in [-0.15, -0.1) is 0 Å². The first-order valence-corrected chi connectivity index (χ1v) is 5.71. The summed E-state index contributed by atoms with van der Waals surface area (Å²) in [6, 6.07) is 4.65. The molecule has 0 atom stereocenters. The molecule has 0 amide bonds. The Kier molecular flexibility index (Phi) is 4.71. The Morgan fingerprint density at radius 3 is 2.75 bits per heavy atom. The van der Waals surface area contributed by atoms with Gasteiger partial charge in [-0.1, -0.05) is 25.4 Å². The van der Waals surface area contributed by atoms with Crippen LogP contribution in [0.1, 0.15) is 19.4 Å². The van der Waals surface area contributed by atoms with Crippen LogP contribution in [0.15, 0.2) is 18.2 Å². The highest BCUT2D eigenvalue weighted by Crippen LogP contribution is 2.27. The Hall–Kier alpha value is -0.640. The number of nitrogens with two attached hydrogens (primary N) is 1. The summed E-state index contributed by atoms with van der Waals surface area (Å²) < 4.78 is 13.7. The molecule has 0 heterocycles. The second kappa shape index (κ2) is 5.62. The van der Waals surface area contributed by atoms with Crippen molar-refractivity contribution in [1.82, 2.24) is 5.32 Å². The Bertz CT molecular complexity index is 353. The van der Waals surface area contributed by atoms with Crippen molar-refractivity contribution < 1.29 is 4.39 Å². The third-order valence-electron chi connectivity index (χ3n) is 2.55. The van der Waals surface area contributed by atoms with Crippen LogP contribution in [0.3, 0.4) is 0 Å². The fraction of sp³-hybridized carbons (Fsp3) is 0.500. The molecule has 0 saturated carbocycles. The molecule has 2 nitrogen and oxygen atoms in total. The third kappa shape index (κ3) is 3.44. The van der Waals surface area contributed by atoms with E-state index in [0.717, 1.165) is 6.54 Å². The summed E-state index contributed by atoms with van der Waals surface area (Å²) >= 11 is 5.88. The van der Waals surface area contributed by atoms with Crippen LogP contribution in [-0.2, 0) is 5.41 Å². The highest BCUT2D eigenvalue weighted by Gasteiger charge is 2.23. The zero-order chi connectivity index (χ0) is 12.2. The second-order valence-corrected chi connectivity index (χ2v) is 4.91. The maximum atomic E-state index is 13.7. The summed E-state index contributed by atoms with van der Waals surface area (Å²) in [5.74, 6) is -0.219. The molecule has 0 radical (unpaired) electrons. The van der Waals surface area contributed by atoms with Gasteiger partial charge in [-0.05, 0) is 23.8 Å². The van der Waals surface area contributed by atoms with E-state index in [1.54, 1.807) is 12.1 Å². The molecule has 0 aromatic heterocycles. The number of nitrogens with one attached hydrogen (secondary N) is 1. The van der Waals surface area contributed by atoms with E-state index in [1.165, 1.54) is 6.07 Å². The molecule has 90 valence electrons. The van der Waals surface area contributed by atoms with Crippen molar-refractivity contribution in [2.24, 2.45) is 5.73 Å². The van der Waals surface area contributed by atoms with Crippen LogP contribution in [-0.4, -0.2) is 19.6 Å². The summed E-state index contributed by atoms with van der Waals surface area (Å²) in [7, 11) is 0. The molecule has 1 aromatic rings. The van der Waals surface area contributed by atoms with E-state index in [0.29, 0.717) is 23.7 Å². The molecule has 0 aliphatic heterocycles. The van der Waals surface area contributed by atoms with Gasteiger partial charge in [0, 0.05) is 30.1 Å². The van der Waals surface area contributed by atoms with Crippen LogP contribution in [0.4, 0.5) is 4.39 Å². The van der Waals surface area contributed by atoms with Crippen molar-refractivity contribution in [2.45, 2.75) is 19.3 Å². The number of rotatable bonds is 5. The van der Waals surface area contributed by atoms with Gasteiger partial charge in [0.15, 0.2) is 0 Å². The van der Waals surface area contributed by atoms with Gasteiger partial charge in [0.1, 0.15) is 5.82 Å². The van der Waals surface area contributed by atoms with Crippen molar-refractivity contribution in [1.29, 1.82) is 0 Å². The van der Waals surface area contributed by atoms with Gasteiger partial charge >= 0.3 is 0 Å². The van der Waals surface area contributed by atoms with Gasteiger partial charge in [-0.3, -0.25) is 0 Å². The standard InChI is InChI=1S/C12H18ClFN2/c1-12(2,8-16-6-5-15)10-7-9(13)3-4-11(10)14/h3-4,7,16H,5-6,8,15H2,1-2H3. The highest BCUT2D eigenvalue weighted by atomic mass is 35.5. The van der Waals surface area contributed by atoms with E-state index < -0.39 is 0 Å². The lowest BCUT2D eigenvalue weighted by Crippen LogP contribution is -2.36. The van der Waals surface area contributed by atoms with Crippen LogP contribution in [0, 0.1) is 5.82 Å². The first-order chi connectivity index (χ1) is 7.47. The topological polar surface area (TPSA) is 38.0 Å². The van der Waals surface area contributed by atoms with Crippen LogP contribution < -0.4 is 11.1 Å². The van der Waals surface area contributed by atoms with E-state index in [9.17, 15) is 4.39 Å². The maximum absolute atomic E-state index is 13.7. The fourth-order valence-electron chi connectivity index (χ4n) is 1.61. The monoisotopic (exact) mass is 244 g/mol. The van der Waals surface area contributed by atoms with E-state index in [2.05, 4.69) is 5.32 Å². The molecular formula is C12H18ClFN2. The van der Waals surface area contributed by atoms with Crippen LogP contribution >= 0.6 is 11.6 Å². The predicted octanol–water partition coefficient (Wildman–Crippen LogP) is 2.31. The molecule has 4 heteroatoms. The van der Waals surface area contributed by atoms with Crippen molar-refractivity contribution >= 4 is 11.6 Å². The first-order valence-electron chi connectivity index (χ1n) is 5.33. The fourth-order valence-corrected chi connectivity index (χ4v) is 1.79. The molecule has 3 N–H and O–H groups in total. The molecule has 1 aromatic carbocycles. The minimum absolute atomic E-state index is 0.219. The molecule has 0 fully saturated rings. The first kappa shape index (κ1) is 13.4. The second-order valence-electron chi connectivity index (χ2n) is 4.47. The molecular weight excluding hydrogens is 227 g/mol. The SMILES string of the molecule is CC(C)(CNCCN)c1cc(Cl)ccc1F. The summed E-state index contributed by atoms with van der Waals surface area (Å²) in [4.78, 5) is 0. The quantitative estimate of drug-likeness (QED) is 0.780. The smallest absolute Gasteiger partial charge is 0.127 e. The van der Waals surface area contributed by atoms with Crippen molar-refractivity contribution in [3.63, 3.8) is 0 Å². The minimum atomic E-state index is -0.301. The van der Waals surface area contributed by atoms with Gasteiger partial charge in [-0.25, -0.2) is 4.39 Å². The molecule has 0 aliphatic carbocycles. The van der Waals surface area contributed by atoms with Crippen LogP contribution in [0.2, 0.25) is 5.02 Å². The van der Waals surface area contributed by atoms with E-state index in [4.69, 9.17) is 17.3 Å². The van der Waals surface area contributed by atoms with Crippen LogP contribution in [0.5, 0.6) is 0 Å². The molecule has 0 spiro atoms. The molecule has 0 bridgehead atoms. The summed E-state index contributed by atoms with van der Waals surface area (Å²) in [6.07, 6.45) is 0. The Morgan fingerprint density at radius 2 is 2.12 bits per heavy atom. The zero-order valence-electron chi connectivity index (χ0n) is 9.69. The van der Waals surface area contributed by atoms with E-state index >= 15 is 0 Å². The van der Waals surface area contributed by atoms with E-state index in [-0.39, 0.29) is 11.2 Å². The normalized spacial score (nSPS) is 11.8. The van der Waals surface area contributed by atoms with Gasteiger partial charge in [-0.2, -0.15) is 0 Å². The lowest BCUT2D eigenvalue weighted by Gasteiger charge is -2.26. The number of hydrogen-bond acceptors (Lipinski definition) is 2. The number of halogens is 2. The molecule has 0 saturated heterocycles. The van der Waals surface area contributed by atoms with Gasteiger partial charge in [0.05, 0.1) is 0 Å². The number of hydrogen-bond donors (Lipinski definition) is 2. The molecule has 1 rings (SSSR count). The Balaban J connectivity index is 2.83. The maximum Gasteiger partial charge on any atom is 0.127 e. The largest absolute Gasteiger partial charge is 0.329 e. The van der Waals surface area contributed by atoms with Crippen molar-refractivity contribution in [3.8, 4) is 0 Å². The van der Waals surface area contributed by atoms with Gasteiger partial charge < -0.3 is 11.1 Å². The summed E-state index contributed by atoms with van der Waals surface area (Å²) in [5, 5.41) is 3.74. The van der Waals surface area contributed by atoms with Crippen molar-refractivity contribution in [3.05, 3.63) is 34.6 Å². The minimum Gasteiger partial charge on any atom is -0.329 e. The zero-order valence-corrected chi connectivity index (χ0v) is 10.4. The summed E-state index contributed by atoms with van der Waals surface area (Å²) in [6.45, 7) is 5.93. The highest BCUT2D eigenvalue weighted by molar-refractivity contribution is 6.30. The Labute approximate surface area is 101 Å². The molecule has 0 unspecified atom stereocenters. The molecule has 0 aliphatic rings.